The van der Waals surface area contributed by atoms with E-state index >= 15 is 0 Å². The minimum Gasteiger partial charge on any atom is -0.462 e. The molecule has 0 unspecified atom stereocenters. The van der Waals surface area contributed by atoms with E-state index < -0.39 is 9.75 Å². The molecule has 0 aliphatic heterocycles. The molecule has 2 aliphatic rings. The third-order valence-corrected chi connectivity index (χ3v) is 7.45. The van der Waals surface area contributed by atoms with Crippen LogP contribution < -0.4 is 5.32 Å². The fraction of sp³-hybridized carbons (Fsp3) is 0.667. The molecule has 1 aromatic heterocycles. The van der Waals surface area contributed by atoms with E-state index in [1.165, 1.54) is 29.1 Å². The molecule has 1 fully saturated rings. The first-order valence-corrected chi connectivity index (χ1v) is 10.4. The number of alkyl halides is 2. The highest BCUT2D eigenvalue weighted by molar-refractivity contribution is 7.17. The Labute approximate surface area is 162 Å². The maximum absolute atomic E-state index is 12.7. The lowest BCUT2D eigenvalue weighted by atomic mass is 9.96. The van der Waals surface area contributed by atoms with Crippen LogP contribution in [0.3, 0.4) is 0 Å². The number of ether oxygens (including phenoxy) is 1. The monoisotopic (exact) mass is 403 g/mol. The van der Waals surface area contributed by atoms with Crippen molar-refractivity contribution in [3.63, 3.8) is 0 Å². The van der Waals surface area contributed by atoms with Crippen molar-refractivity contribution in [1.82, 2.24) is 0 Å². The minimum absolute atomic E-state index is 0.239. The maximum Gasteiger partial charge on any atom is 0.341 e. The first kappa shape index (κ1) is 19.0. The number of aryl methyl sites for hydroxylation is 1. The number of anilines is 1. The summed E-state index contributed by atoms with van der Waals surface area (Å²) in [7, 11) is 0. The van der Waals surface area contributed by atoms with Gasteiger partial charge in [0.15, 0.2) is 0 Å². The van der Waals surface area contributed by atoms with Crippen molar-refractivity contribution in [3.05, 3.63) is 16.0 Å². The Morgan fingerprint density at radius 1 is 1.20 bits per heavy atom. The second-order valence-electron chi connectivity index (χ2n) is 7.01. The lowest BCUT2D eigenvalue weighted by Gasteiger charge is -2.13. The summed E-state index contributed by atoms with van der Waals surface area (Å²) in [6.07, 6.45) is 6.72. The topological polar surface area (TPSA) is 55.4 Å². The Balaban J connectivity index is 1.93. The first-order chi connectivity index (χ1) is 11.8. The number of fused-ring (bicyclic) bond motifs is 1. The molecule has 1 heterocycles. The summed E-state index contributed by atoms with van der Waals surface area (Å²) in [5.74, 6) is -0.600. The lowest BCUT2D eigenvalue weighted by Crippen LogP contribution is -2.26. The van der Waals surface area contributed by atoms with E-state index in [2.05, 4.69) is 5.32 Å². The van der Waals surface area contributed by atoms with E-state index in [0.717, 1.165) is 31.2 Å². The highest BCUT2D eigenvalue weighted by Crippen LogP contribution is 2.64. The van der Waals surface area contributed by atoms with Gasteiger partial charge < -0.3 is 10.1 Å². The van der Waals surface area contributed by atoms with Crippen molar-refractivity contribution in [1.29, 1.82) is 0 Å². The Hall–Kier alpha value is -0.780. The molecule has 0 radical (unpaired) electrons. The zero-order chi connectivity index (χ0) is 18.2. The molecule has 7 heteroatoms. The first-order valence-electron chi connectivity index (χ1n) is 8.81. The second-order valence-corrected chi connectivity index (χ2v) is 9.60. The van der Waals surface area contributed by atoms with Crippen LogP contribution in [0.25, 0.3) is 0 Å². The number of amides is 1. The van der Waals surface area contributed by atoms with Crippen molar-refractivity contribution in [2.75, 3.05) is 11.9 Å². The van der Waals surface area contributed by atoms with Crippen molar-refractivity contribution in [2.45, 2.75) is 63.1 Å². The second kappa shape index (κ2) is 7.09. The van der Waals surface area contributed by atoms with Gasteiger partial charge in [0, 0.05) is 4.88 Å². The SMILES string of the molecule is CCOC(=O)c1c(NC(=O)[C@]2(C)CC2(Cl)Cl)sc2c1CCCCCC2. The molecule has 2 aliphatic carbocycles. The van der Waals surface area contributed by atoms with Gasteiger partial charge in [-0.25, -0.2) is 4.79 Å². The van der Waals surface area contributed by atoms with Gasteiger partial charge in [-0.2, -0.15) is 0 Å². The third-order valence-electron chi connectivity index (χ3n) is 5.14. The van der Waals surface area contributed by atoms with E-state index in [-0.39, 0.29) is 11.9 Å². The molecular weight excluding hydrogens is 381 g/mol. The van der Waals surface area contributed by atoms with Crippen molar-refractivity contribution >= 4 is 51.4 Å². The van der Waals surface area contributed by atoms with Crippen LogP contribution in [0.2, 0.25) is 0 Å². The molecule has 1 amide bonds. The fourth-order valence-electron chi connectivity index (χ4n) is 3.31. The van der Waals surface area contributed by atoms with Crippen molar-refractivity contribution in [2.24, 2.45) is 5.41 Å². The summed E-state index contributed by atoms with van der Waals surface area (Å²) >= 11 is 13.7. The van der Waals surface area contributed by atoms with Crippen LogP contribution >= 0.6 is 34.5 Å². The van der Waals surface area contributed by atoms with Crippen LogP contribution in [-0.2, 0) is 22.4 Å². The maximum atomic E-state index is 12.7. The fourth-order valence-corrected chi connectivity index (χ4v) is 5.29. The standard InChI is InChI=1S/C18H23Cl2NO3S/c1-3-24-15(22)13-11-8-6-4-5-7-9-12(11)25-14(13)21-16(23)17(2)10-18(17,19)20/h3-10H2,1-2H3,(H,21,23)/t17-/m0/s1. The quantitative estimate of drug-likeness (QED) is 0.561. The molecule has 138 valence electrons. The van der Waals surface area contributed by atoms with E-state index in [1.807, 2.05) is 0 Å². The van der Waals surface area contributed by atoms with Gasteiger partial charge in [0.05, 0.1) is 17.6 Å². The molecule has 0 bridgehead atoms. The van der Waals surface area contributed by atoms with E-state index in [9.17, 15) is 9.59 Å². The highest BCUT2D eigenvalue weighted by Gasteiger charge is 2.68. The van der Waals surface area contributed by atoms with Gasteiger partial charge >= 0.3 is 5.97 Å². The Morgan fingerprint density at radius 3 is 2.44 bits per heavy atom. The Morgan fingerprint density at radius 2 is 1.84 bits per heavy atom. The summed E-state index contributed by atoms with van der Waals surface area (Å²) in [5.41, 5.74) is 0.749. The van der Waals surface area contributed by atoms with E-state index in [4.69, 9.17) is 27.9 Å². The number of esters is 1. The van der Waals surface area contributed by atoms with Gasteiger partial charge in [0.1, 0.15) is 9.33 Å². The van der Waals surface area contributed by atoms with Crippen LogP contribution in [0, 0.1) is 5.41 Å². The number of hydrogen-bond acceptors (Lipinski definition) is 4. The summed E-state index contributed by atoms with van der Waals surface area (Å²) in [6, 6.07) is 0. The predicted molar refractivity (Wildman–Crippen MR) is 102 cm³/mol. The average molecular weight is 404 g/mol. The van der Waals surface area contributed by atoms with Crippen molar-refractivity contribution in [3.8, 4) is 0 Å². The number of nitrogens with one attached hydrogen (secondary N) is 1. The molecular formula is C18H23Cl2NO3S. The normalized spacial score (nSPS) is 24.6. The van der Waals surface area contributed by atoms with Gasteiger partial charge in [-0.3, -0.25) is 4.79 Å². The van der Waals surface area contributed by atoms with Gasteiger partial charge in [-0.1, -0.05) is 12.8 Å². The molecule has 0 aromatic carbocycles. The van der Waals surface area contributed by atoms with Gasteiger partial charge in [0.2, 0.25) is 5.91 Å². The predicted octanol–water partition coefficient (Wildman–Crippen LogP) is 5.11. The summed E-state index contributed by atoms with van der Waals surface area (Å²) in [6.45, 7) is 3.84. The number of halogens is 2. The zero-order valence-corrected chi connectivity index (χ0v) is 16.9. The largest absolute Gasteiger partial charge is 0.462 e. The van der Waals surface area contributed by atoms with Crippen LogP contribution in [0.15, 0.2) is 0 Å². The molecule has 1 N–H and O–H groups in total. The zero-order valence-electron chi connectivity index (χ0n) is 14.5. The molecule has 1 saturated carbocycles. The number of hydrogen-bond donors (Lipinski definition) is 1. The van der Waals surface area contributed by atoms with Crippen LogP contribution in [0.1, 0.15) is 66.8 Å². The Kier molecular flexibility index (Phi) is 5.38. The minimum atomic E-state index is -1.03. The third kappa shape index (κ3) is 3.56. The molecule has 1 atom stereocenters. The Bertz CT molecular complexity index is 701. The van der Waals surface area contributed by atoms with Crippen LogP contribution in [0.4, 0.5) is 5.00 Å². The average Bonchev–Trinajstić information content (AvgIpc) is 2.88. The summed E-state index contributed by atoms with van der Waals surface area (Å²) < 4.78 is 4.22. The number of thiophene rings is 1. The van der Waals surface area contributed by atoms with E-state index in [0.29, 0.717) is 23.6 Å². The number of carbonyl (C=O) groups is 2. The van der Waals surface area contributed by atoms with Crippen LogP contribution in [0.5, 0.6) is 0 Å². The molecule has 3 rings (SSSR count). The molecule has 25 heavy (non-hydrogen) atoms. The van der Waals surface area contributed by atoms with Gasteiger partial charge in [-0.15, -0.1) is 34.5 Å². The van der Waals surface area contributed by atoms with Gasteiger partial charge in [-0.05, 0) is 51.5 Å². The molecule has 0 spiro atoms. The van der Waals surface area contributed by atoms with Gasteiger partial charge in [0.25, 0.3) is 0 Å². The smallest absolute Gasteiger partial charge is 0.341 e. The highest BCUT2D eigenvalue weighted by atomic mass is 35.5. The number of carbonyl (C=O) groups excluding carboxylic acids is 2. The number of rotatable bonds is 4. The molecule has 0 saturated heterocycles. The lowest BCUT2D eigenvalue weighted by molar-refractivity contribution is -0.120. The summed E-state index contributed by atoms with van der Waals surface area (Å²) in [4.78, 5) is 26.4. The van der Waals surface area contributed by atoms with Crippen molar-refractivity contribution < 1.29 is 14.3 Å². The van der Waals surface area contributed by atoms with E-state index in [1.54, 1.807) is 13.8 Å². The molecule has 1 aromatic rings. The summed E-state index contributed by atoms with van der Waals surface area (Å²) in [5, 5.41) is 3.49. The molecule has 4 nitrogen and oxygen atoms in total. The van der Waals surface area contributed by atoms with Crippen LogP contribution in [-0.4, -0.2) is 22.8 Å².